The van der Waals surface area contributed by atoms with Crippen LogP contribution in [0.4, 0.5) is 18.9 Å². The average Bonchev–Trinajstić information content (AvgIpc) is 3.28. The van der Waals surface area contributed by atoms with Crippen LogP contribution in [0.3, 0.4) is 0 Å². The molecule has 0 aliphatic carbocycles. The Bertz CT molecular complexity index is 1290. The highest BCUT2D eigenvalue weighted by atomic mass is 32.2. The van der Waals surface area contributed by atoms with Gasteiger partial charge in [-0.05, 0) is 48.2 Å². The molecule has 0 bridgehead atoms. The minimum Gasteiger partial charge on any atom is -0.326 e. The first-order valence-electron chi connectivity index (χ1n) is 10.5. The molecule has 1 saturated heterocycles. The van der Waals surface area contributed by atoms with Crippen LogP contribution in [0.2, 0.25) is 0 Å². The van der Waals surface area contributed by atoms with Crippen molar-refractivity contribution in [1.29, 1.82) is 0 Å². The Balaban J connectivity index is 1.59. The van der Waals surface area contributed by atoms with E-state index >= 15 is 0 Å². The molecule has 0 unspecified atom stereocenters. The number of carbonyl (C=O) groups excluding carboxylic acids is 1. The van der Waals surface area contributed by atoms with Gasteiger partial charge in [0.15, 0.2) is 0 Å². The molecule has 2 aromatic carbocycles. The first-order valence-corrected chi connectivity index (χ1v) is 13.5. The Morgan fingerprint density at radius 3 is 2.43 bits per heavy atom. The lowest BCUT2D eigenvalue weighted by Gasteiger charge is -2.17. The summed E-state index contributed by atoms with van der Waals surface area (Å²) in [6.07, 6.45) is -4.20. The van der Waals surface area contributed by atoms with E-state index in [2.05, 4.69) is 16.6 Å². The third-order valence-corrected chi connectivity index (χ3v) is 8.33. The first kappa shape index (κ1) is 26.9. The lowest BCUT2D eigenvalue weighted by Crippen LogP contribution is -2.32. The normalized spacial score (nSPS) is 17.3. The molecule has 0 aromatic heterocycles. The number of sulfonamides is 2. The standard InChI is InChI=1S/C22H24F3N3O5S2/c1-2-34(30,31)26-14-17-10-11-28(15-17)35(32,33)20-8-6-16(7-9-20)12-21(29)27-19-5-3-4-18(13-19)22(23,24)25/h2-9,13,17,26H,1,10-12,14-15H2,(H,27,29)/t17-/m1/s1. The fraction of sp³-hybridized carbons (Fsp3) is 0.318. The molecule has 0 saturated carbocycles. The zero-order valence-electron chi connectivity index (χ0n) is 18.5. The Morgan fingerprint density at radius 1 is 1.11 bits per heavy atom. The largest absolute Gasteiger partial charge is 0.416 e. The minimum atomic E-state index is -4.53. The van der Waals surface area contributed by atoms with Gasteiger partial charge >= 0.3 is 6.18 Å². The van der Waals surface area contributed by atoms with E-state index in [1.807, 2.05) is 0 Å². The van der Waals surface area contributed by atoms with E-state index in [0.29, 0.717) is 12.0 Å². The molecule has 1 heterocycles. The van der Waals surface area contributed by atoms with E-state index in [4.69, 9.17) is 0 Å². The van der Waals surface area contributed by atoms with Crippen molar-refractivity contribution in [3.8, 4) is 0 Å². The number of carbonyl (C=O) groups is 1. The Hall–Kier alpha value is -2.74. The van der Waals surface area contributed by atoms with Crippen molar-refractivity contribution in [2.75, 3.05) is 25.0 Å². The highest BCUT2D eigenvalue weighted by Gasteiger charge is 2.33. The van der Waals surface area contributed by atoms with Gasteiger partial charge in [-0.1, -0.05) is 24.8 Å². The van der Waals surface area contributed by atoms with Crippen molar-refractivity contribution >= 4 is 31.6 Å². The lowest BCUT2D eigenvalue weighted by atomic mass is 10.1. The van der Waals surface area contributed by atoms with E-state index in [1.165, 1.54) is 40.7 Å². The highest BCUT2D eigenvalue weighted by Crippen LogP contribution is 2.30. The molecule has 1 aliphatic rings. The maximum absolute atomic E-state index is 12.9. The third-order valence-electron chi connectivity index (χ3n) is 5.44. The predicted molar refractivity (Wildman–Crippen MR) is 124 cm³/mol. The number of benzene rings is 2. The lowest BCUT2D eigenvalue weighted by molar-refractivity contribution is -0.137. The van der Waals surface area contributed by atoms with Crippen LogP contribution >= 0.6 is 0 Å². The van der Waals surface area contributed by atoms with Gasteiger partial charge in [-0.3, -0.25) is 4.79 Å². The molecule has 1 aliphatic heterocycles. The Kier molecular flexibility index (Phi) is 8.04. The molecule has 2 N–H and O–H groups in total. The second-order valence-corrected chi connectivity index (χ2v) is 11.7. The third kappa shape index (κ3) is 7.13. The van der Waals surface area contributed by atoms with Crippen molar-refractivity contribution < 1.29 is 34.8 Å². The Labute approximate surface area is 201 Å². The van der Waals surface area contributed by atoms with Gasteiger partial charge in [-0.2, -0.15) is 17.5 Å². The van der Waals surface area contributed by atoms with E-state index in [-0.39, 0.29) is 42.6 Å². The molecule has 35 heavy (non-hydrogen) atoms. The number of nitrogens with zero attached hydrogens (tertiary/aromatic N) is 1. The van der Waals surface area contributed by atoms with Crippen molar-refractivity contribution in [3.05, 3.63) is 71.6 Å². The zero-order chi connectivity index (χ0) is 25.9. The van der Waals surface area contributed by atoms with Crippen molar-refractivity contribution in [1.82, 2.24) is 9.03 Å². The van der Waals surface area contributed by atoms with Gasteiger partial charge in [-0.15, -0.1) is 0 Å². The summed E-state index contributed by atoms with van der Waals surface area (Å²) in [6, 6.07) is 9.90. The van der Waals surface area contributed by atoms with Gasteiger partial charge in [0.1, 0.15) is 0 Å². The maximum Gasteiger partial charge on any atom is 0.416 e. The number of rotatable bonds is 9. The summed E-state index contributed by atoms with van der Waals surface area (Å²) in [5, 5.41) is 3.19. The average molecular weight is 532 g/mol. The summed E-state index contributed by atoms with van der Waals surface area (Å²) < 4.78 is 90.9. The van der Waals surface area contributed by atoms with Gasteiger partial charge in [0, 0.05) is 30.7 Å². The van der Waals surface area contributed by atoms with Gasteiger partial charge in [0.05, 0.1) is 16.9 Å². The summed E-state index contributed by atoms with van der Waals surface area (Å²) in [7, 11) is -7.41. The van der Waals surface area contributed by atoms with Crippen molar-refractivity contribution in [2.45, 2.75) is 23.9 Å². The molecule has 13 heteroatoms. The smallest absolute Gasteiger partial charge is 0.326 e. The molecule has 1 amide bonds. The SMILES string of the molecule is C=CS(=O)(=O)NC[C@H]1CCN(S(=O)(=O)c2ccc(CC(=O)Nc3cccc(C(F)(F)F)c3)cc2)C1. The number of alkyl halides is 3. The number of nitrogens with one attached hydrogen (secondary N) is 2. The highest BCUT2D eigenvalue weighted by molar-refractivity contribution is 7.92. The number of halogens is 3. The van der Waals surface area contributed by atoms with E-state index < -0.39 is 37.7 Å². The van der Waals surface area contributed by atoms with Crippen LogP contribution in [0.15, 0.2) is 65.4 Å². The zero-order valence-corrected chi connectivity index (χ0v) is 20.1. The molecule has 3 rings (SSSR count). The van der Waals surface area contributed by atoms with Crippen LogP contribution in [-0.4, -0.2) is 46.7 Å². The summed E-state index contributed by atoms with van der Waals surface area (Å²) in [6.45, 7) is 3.70. The fourth-order valence-electron chi connectivity index (χ4n) is 3.57. The van der Waals surface area contributed by atoms with Crippen LogP contribution in [0.5, 0.6) is 0 Å². The van der Waals surface area contributed by atoms with Crippen LogP contribution in [0.25, 0.3) is 0 Å². The molecule has 2 aromatic rings. The van der Waals surface area contributed by atoms with Crippen LogP contribution in [0, 0.1) is 5.92 Å². The molecule has 1 atom stereocenters. The van der Waals surface area contributed by atoms with Crippen LogP contribution in [-0.2, 0) is 37.4 Å². The van der Waals surface area contributed by atoms with E-state index in [1.54, 1.807) is 0 Å². The molecule has 8 nitrogen and oxygen atoms in total. The van der Waals surface area contributed by atoms with Crippen molar-refractivity contribution in [2.24, 2.45) is 5.92 Å². The molecule has 190 valence electrons. The second kappa shape index (κ2) is 10.5. The predicted octanol–water partition coefficient (Wildman–Crippen LogP) is 2.96. The first-order chi connectivity index (χ1) is 16.3. The summed E-state index contributed by atoms with van der Waals surface area (Å²) in [5.41, 5.74) is -0.401. The molecule has 0 spiro atoms. The summed E-state index contributed by atoms with van der Waals surface area (Å²) >= 11 is 0. The maximum atomic E-state index is 12.9. The van der Waals surface area contributed by atoms with Gasteiger partial charge in [0.25, 0.3) is 0 Å². The van der Waals surface area contributed by atoms with Gasteiger partial charge in [0.2, 0.25) is 26.0 Å². The molecular formula is C22H24F3N3O5S2. The summed E-state index contributed by atoms with van der Waals surface area (Å²) in [4.78, 5) is 12.3. The van der Waals surface area contributed by atoms with E-state index in [0.717, 1.165) is 17.5 Å². The summed E-state index contributed by atoms with van der Waals surface area (Å²) in [5.74, 6) is -0.734. The second-order valence-electron chi connectivity index (χ2n) is 8.03. The van der Waals surface area contributed by atoms with Gasteiger partial charge < -0.3 is 5.32 Å². The van der Waals surface area contributed by atoms with Gasteiger partial charge in [-0.25, -0.2) is 21.6 Å². The van der Waals surface area contributed by atoms with Crippen molar-refractivity contribution in [3.63, 3.8) is 0 Å². The molecule has 1 fully saturated rings. The van der Waals surface area contributed by atoms with Crippen LogP contribution < -0.4 is 10.0 Å². The Morgan fingerprint density at radius 2 is 1.80 bits per heavy atom. The number of hydrogen-bond acceptors (Lipinski definition) is 5. The number of anilines is 1. The number of amides is 1. The molecular weight excluding hydrogens is 507 g/mol. The fourth-order valence-corrected chi connectivity index (χ4v) is 5.68. The molecule has 0 radical (unpaired) electrons. The number of hydrogen-bond donors (Lipinski definition) is 2. The van der Waals surface area contributed by atoms with E-state index in [9.17, 15) is 34.8 Å². The quantitative estimate of drug-likeness (QED) is 0.517. The minimum absolute atomic E-state index is 0.00277. The van der Waals surface area contributed by atoms with Crippen LogP contribution in [0.1, 0.15) is 17.5 Å². The monoisotopic (exact) mass is 531 g/mol. The topological polar surface area (TPSA) is 113 Å².